The van der Waals surface area contributed by atoms with E-state index in [-0.39, 0.29) is 12.3 Å². The van der Waals surface area contributed by atoms with E-state index in [0.717, 1.165) is 59.3 Å². The van der Waals surface area contributed by atoms with Crippen molar-refractivity contribution in [2.75, 3.05) is 19.8 Å². The summed E-state index contributed by atoms with van der Waals surface area (Å²) in [4.78, 5) is 12.3. The molecule has 2 unspecified atom stereocenters. The highest BCUT2D eigenvalue weighted by molar-refractivity contribution is 5.94. The van der Waals surface area contributed by atoms with Gasteiger partial charge in [-0.15, -0.1) is 0 Å². The van der Waals surface area contributed by atoms with Crippen LogP contribution < -0.4 is 10.1 Å². The second-order valence-corrected chi connectivity index (χ2v) is 8.35. The zero-order valence-electron chi connectivity index (χ0n) is 18.4. The summed E-state index contributed by atoms with van der Waals surface area (Å²) in [6, 6.07) is 14.2. The topological polar surface area (TPSA) is 74.6 Å². The van der Waals surface area contributed by atoms with Gasteiger partial charge in [-0.05, 0) is 61.9 Å². The molecule has 2 atom stereocenters. The SMILES string of the molecule is CCC1OC(=O)NCCCOc2ccc3c(c2)c(nn3C2CCCCO2)-c2cccc1c2. The van der Waals surface area contributed by atoms with E-state index in [1.807, 2.05) is 29.8 Å². The van der Waals surface area contributed by atoms with E-state index >= 15 is 0 Å². The molecule has 1 N–H and O–H groups in total. The predicted octanol–water partition coefficient (Wildman–Crippen LogP) is 5.36. The average molecular weight is 436 g/mol. The first kappa shape index (κ1) is 20.8. The van der Waals surface area contributed by atoms with Crippen molar-refractivity contribution < 1.29 is 19.0 Å². The molecule has 3 heterocycles. The van der Waals surface area contributed by atoms with Crippen molar-refractivity contribution in [3.63, 3.8) is 0 Å². The zero-order chi connectivity index (χ0) is 21.9. The number of carbonyl (C=O) groups is 1. The molecule has 32 heavy (non-hydrogen) atoms. The Balaban J connectivity index is 1.64. The summed E-state index contributed by atoms with van der Waals surface area (Å²) in [5, 5.41) is 8.87. The maximum atomic E-state index is 12.3. The fourth-order valence-corrected chi connectivity index (χ4v) is 4.46. The van der Waals surface area contributed by atoms with Crippen LogP contribution in [0.5, 0.6) is 5.75 Å². The fraction of sp³-hybridized carbons (Fsp3) is 0.440. The van der Waals surface area contributed by atoms with Gasteiger partial charge in [0.15, 0.2) is 6.23 Å². The van der Waals surface area contributed by atoms with Crippen molar-refractivity contribution in [2.45, 2.75) is 51.4 Å². The van der Waals surface area contributed by atoms with Gasteiger partial charge >= 0.3 is 6.09 Å². The predicted molar refractivity (Wildman–Crippen MR) is 122 cm³/mol. The number of fused-ring (bicyclic) bond motifs is 4. The Kier molecular flexibility index (Phi) is 5.99. The highest BCUT2D eigenvalue weighted by Gasteiger charge is 2.23. The molecule has 1 aromatic heterocycles. The Hall–Kier alpha value is -3.06. The normalized spacial score (nSPS) is 21.8. The third-order valence-electron chi connectivity index (χ3n) is 6.12. The average Bonchev–Trinajstić information content (AvgIpc) is 3.21. The molecule has 0 spiro atoms. The molecule has 4 bridgehead atoms. The molecule has 2 aliphatic rings. The van der Waals surface area contributed by atoms with Gasteiger partial charge in [-0.25, -0.2) is 9.48 Å². The standard InChI is InChI=1S/C25H29N3O4/c1-2-22-17-7-5-8-18(15-17)24-20-16-19(30-14-6-12-26-25(29)32-22)10-11-21(20)28(27-24)23-9-3-4-13-31-23/h5,7-8,10-11,15-16,22-23H,2-4,6,9,12-14H2,1H3,(H,26,29). The zero-order valence-corrected chi connectivity index (χ0v) is 18.4. The monoisotopic (exact) mass is 435 g/mol. The Morgan fingerprint density at radius 3 is 2.91 bits per heavy atom. The third-order valence-corrected chi connectivity index (χ3v) is 6.12. The molecule has 3 aromatic rings. The molecular weight excluding hydrogens is 406 g/mol. The number of benzene rings is 2. The number of rotatable bonds is 2. The quantitative estimate of drug-likeness (QED) is 0.586. The molecule has 0 saturated carbocycles. The summed E-state index contributed by atoms with van der Waals surface area (Å²) in [5.41, 5.74) is 3.86. The maximum absolute atomic E-state index is 12.3. The Morgan fingerprint density at radius 2 is 2.06 bits per heavy atom. The molecule has 2 aromatic carbocycles. The van der Waals surface area contributed by atoms with Crippen molar-refractivity contribution >= 4 is 17.0 Å². The maximum Gasteiger partial charge on any atom is 0.407 e. The molecular formula is C25H29N3O4. The number of hydrogen-bond donors (Lipinski definition) is 1. The lowest BCUT2D eigenvalue weighted by Gasteiger charge is -2.23. The number of alkyl carbamates (subject to hydrolysis) is 1. The van der Waals surface area contributed by atoms with Crippen LogP contribution >= 0.6 is 0 Å². The lowest BCUT2D eigenvalue weighted by molar-refractivity contribution is -0.0365. The fourth-order valence-electron chi connectivity index (χ4n) is 4.46. The highest BCUT2D eigenvalue weighted by Crippen LogP contribution is 2.36. The van der Waals surface area contributed by atoms with Crippen molar-refractivity contribution in [1.29, 1.82) is 0 Å². The van der Waals surface area contributed by atoms with Gasteiger partial charge in [0.1, 0.15) is 17.5 Å². The van der Waals surface area contributed by atoms with Crippen LogP contribution in [0, 0.1) is 0 Å². The van der Waals surface area contributed by atoms with E-state index in [4.69, 9.17) is 19.3 Å². The molecule has 0 aliphatic carbocycles. The van der Waals surface area contributed by atoms with Gasteiger partial charge < -0.3 is 19.5 Å². The molecule has 7 heteroatoms. The van der Waals surface area contributed by atoms with Crippen LogP contribution in [0.1, 0.15) is 56.9 Å². The summed E-state index contributed by atoms with van der Waals surface area (Å²) in [6.45, 7) is 3.78. The van der Waals surface area contributed by atoms with Crippen LogP contribution in [-0.2, 0) is 9.47 Å². The number of nitrogens with zero attached hydrogens (tertiary/aromatic N) is 2. The summed E-state index contributed by atoms with van der Waals surface area (Å²) < 4.78 is 19.7. The van der Waals surface area contributed by atoms with Crippen LogP contribution in [0.15, 0.2) is 42.5 Å². The first-order chi connectivity index (χ1) is 15.7. The van der Waals surface area contributed by atoms with Crippen molar-refractivity contribution in [3.8, 4) is 17.0 Å². The van der Waals surface area contributed by atoms with E-state index in [1.165, 1.54) is 0 Å². The summed E-state index contributed by atoms with van der Waals surface area (Å²) in [7, 11) is 0. The molecule has 5 rings (SSSR count). The molecule has 1 fully saturated rings. The van der Waals surface area contributed by atoms with Gasteiger partial charge in [-0.2, -0.15) is 5.10 Å². The highest BCUT2D eigenvalue weighted by atomic mass is 16.6. The minimum absolute atomic E-state index is 0.0593. The molecule has 168 valence electrons. The molecule has 0 radical (unpaired) electrons. The summed E-state index contributed by atoms with van der Waals surface area (Å²) >= 11 is 0. The second kappa shape index (κ2) is 9.20. The van der Waals surface area contributed by atoms with E-state index in [1.54, 1.807) is 0 Å². The Morgan fingerprint density at radius 1 is 1.12 bits per heavy atom. The number of aromatic nitrogens is 2. The van der Waals surface area contributed by atoms with Crippen molar-refractivity contribution in [2.24, 2.45) is 0 Å². The number of nitrogens with one attached hydrogen (secondary N) is 1. The largest absolute Gasteiger partial charge is 0.494 e. The van der Waals surface area contributed by atoms with E-state index in [2.05, 4.69) is 29.6 Å². The van der Waals surface area contributed by atoms with Gasteiger partial charge in [-0.1, -0.05) is 25.1 Å². The lowest BCUT2D eigenvalue weighted by atomic mass is 10.0. The van der Waals surface area contributed by atoms with Crippen molar-refractivity contribution in [1.82, 2.24) is 15.1 Å². The van der Waals surface area contributed by atoms with Gasteiger partial charge in [0, 0.05) is 24.1 Å². The van der Waals surface area contributed by atoms with Crippen LogP contribution in [0.2, 0.25) is 0 Å². The number of amides is 1. The lowest BCUT2D eigenvalue weighted by Crippen LogP contribution is -2.27. The third kappa shape index (κ3) is 4.17. The number of ether oxygens (including phenoxy) is 3. The molecule has 1 saturated heterocycles. The molecule has 7 nitrogen and oxygen atoms in total. The van der Waals surface area contributed by atoms with Crippen LogP contribution in [0.4, 0.5) is 4.79 Å². The first-order valence-electron chi connectivity index (χ1n) is 11.5. The van der Waals surface area contributed by atoms with Crippen molar-refractivity contribution in [3.05, 3.63) is 48.0 Å². The van der Waals surface area contributed by atoms with Gasteiger partial charge in [0.25, 0.3) is 0 Å². The molecule has 1 amide bonds. The Labute approximate surface area is 187 Å². The van der Waals surface area contributed by atoms with Crippen LogP contribution in [0.3, 0.4) is 0 Å². The minimum Gasteiger partial charge on any atom is -0.494 e. The smallest absolute Gasteiger partial charge is 0.407 e. The minimum atomic E-state index is -0.404. The summed E-state index contributed by atoms with van der Waals surface area (Å²) in [6.07, 6.45) is 3.78. The number of carbonyl (C=O) groups excluding carboxylic acids is 1. The molecule has 2 aliphatic heterocycles. The number of hydrogen-bond acceptors (Lipinski definition) is 5. The second-order valence-electron chi connectivity index (χ2n) is 8.35. The van der Waals surface area contributed by atoms with Gasteiger partial charge in [0.05, 0.1) is 12.1 Å². The van der Waals surface area contributed by atoms with Crippen LogP contribution in [0.25, 0.3) is 22.2 Å². The summed E-state index contributed by atoms with van der Waals surface area (Å²) in [5.74, 6) is 0.794. The Bertz CT molecular complexity index is 1100. The van der Waals surface area contributed by atoms with E-state index < -0.39 is 6.09 Å². The van der Waals surface area contributed by atoms with Gasteiger partial charge in [0.2, 0.25) is 0 Å². The van der Waals surface area contributed by atoms with Gasteiger partial charge in [-0.3, -0.25) is 0 Å². The van der Waals surface area contributed by atoms with Crippen LogP contribution in [-0.4, -0.2) is 35.6 Å². The van der Waals surface area contributed by atoms with E-state index in [9.17, 15) is 4.79 Å². The first-order valence-corrected chi connectivity index (χ1v) is 11.5. The number of cyclic esters (lactones) is 1. The van der Waals surface area contributed by atoms with E-state index in [0.29, 0.717) is 26.0 Å².